The molecule has 0 aliphatic heterocycles. The number of ketones is 1. The zero-order chi connectivity index (χ0) is 13.0. The van der Waals surface area contributed by atoms with Crippen molar-refractivity contribution >= 4 is 21.7 Å². The lowest BCUT2D eigenvalue weighted by atomic mass is 10.00. The van der Waals surface area contributed by atoms with Gasteiger partial charge in [-0.25, -0.2) is 0 Å². The molecule has 0 bridgehead atoms. The molecule has 2 rings (SSSR count). The zero-order valence-corrected chi connectivity index (χ0v) is 11.9. The number of carbonyl (C=O) groups is 1. The van der Waals surface area contributed by atoms with E-state index in [1.54, 1.807) is 0 Å². The van der Waals surface area contributed by atoms with Gasteiger partial charge in [0, 0.05) is 16.5 Å². The van der Waals surface area contributed by atoms with Crippen molar-refractivity contribution in [1.82, 2.24) is 0 Å². The monoisotopic (exact) mass is 302 g/mol. The molecule has 0 saturated carbocycles. The zero-order valence-electron chi connectivity index (χ0n) is 10.3. The fourth-order valence-electron chi connectivity index (χ4n) is 1.95. The van der Waals surface area contributed by atoms with E-state index in [1.165, 1.54) is 11.1 Å². The maximum atomic E-state index is 12.1. The molecule has 0 N–H and O–H groups in total. The van der Waals surface area contributed by atoms with Crippen LogP contribution < -0.4 is 0 Å². The summed E-state index contributed by atoms with van der Waals surface area (Å²) in [6.45, 7) is 2.08. The predicted molar refractivity (Wildman–Crippen MR) is 78.0 cm³/mol. The van der Waals surface area contributed by atoms with E-state index >= 15 is 0 Å². The molecule has 0 fully saturated rings. The summed E-state index contributed by atoms with van der Waals surface area (Å²) >= 11 is 3.39. The third-order valence-electron chi connectivity index (χ3n) is 3.03. The first kappa shape index (κ1) is 13.0. The van der Waals surface area contributed by atoms with Crippen LogP contribution in [0.1, 0.15) is 27.9 Å². The lowest BCUT2D eigenvalue weighted by Crippen LogP contribution is -2.02. The van der Waals surface area contributed by atoms with Crippen LogP contribution in [0.25, 0.3) is 0 Å². The minimum absolute atomic E-state index is 0.194. The van der Waals surface area contributed by atoms with Crippen LogP contribution in [0.3, 0.4) is 0 Å². The quantitative estimate of drug-likeness (QED) is 0.756. The molecule has 2 aromatic rings. The molecule has 0 saturated heterocycles. The van der Waals surface area contributed by atoms with Crippen LogP contribution in [0, 0.1) is 6.92 Å². The Hall–Kier alpha value is -1.41. The Morgan fingerprint density at radius 2 is 1.89 bits per heavy atom. The number of hydrogen-bond acceptors (Lipinski definition) is 1. The van der Waals surface area contributed by atoms with Gasteiger partial charge in [0.2, 0.25) is 0 Å². The summed E-state index contributed by atoms with van der Waals surface area (Å²) in [4.78, 5) is 12.1. The summed E-state index contributed by atoms with van der Waals surface area (Å²) in [5, 5.41) is 0. The van der Waals surface area contributed by atoms with E-state index in [-0.39, 0.29) is 5.78 Å². The highest BCUT2D eigenvalue weighted by Crippen LogP contribution is 2.15. The summed E-state index contributed by atoms with van der Waals surface area (Å²) in [5.74, 6) is 0.194. The highest BCUT2D eigenvalue weighted by molar-refractivity contribution is 9.10. The summed E-state index contributed by atoms with van der Waals surface area (Å²) in [7, 11) is 0. The second-order valence-electron chi connectivity index (χ2n) is 4.36. The van der Waals surface area contributed by atoms with Gasteiger partial charge in [0.1, 0.15) is 0 Å². The van der Waals surface area contributed by atoms with Gasteiger partial charge in [0.25, 0.3) is 0 Å². The lowest BCUT2D eigenvalue weighted by molar-refractivity contribution is 0.0983. The van der Waals surface area contributed by atoms with Gasteiger partial charge in [-0.1, -0.05) is 52.3 Å². The van der Waals surface area contributed by atoms with Crippen LogP contribution in [0.4, 0.5) is 0 Å². The minimum Gasteiger partial charge on any atom is -0.294 e. The summed E-state index contributed by atoms with van der Waals surface area (Å²) in [6.07, 6.45) is 1.36. The molecule has 0 radical (unpaired) electrons. The molecule has 2 heteroatoms. The molecule has 0 spiro atoms. The Labute approximate surface area is 116 Å². The highest BCUT2D eigenvalue weighted by atomic mass is 79.9. The van der Waals surface area contributed by atoms with Gasteiger partial charge in [0.05, 0.1) is 0 Å². The van der Waals surface area contributed by atoms with Crippen molar-refractivity contribution in [3.8, 4) is 0 Å². The van der Waals surface area contributed by atoms with Crippen molar-refractivity contribution in [1.29, 1.82) is 0 Å². The van der Waals surface area contributed by atoms with E-state index in [9.17, 15) is 4.79 Å². The molecule has 0 amide bonds. The number of carbonyl (C=O) groups excluding carboxylic acids is 1. The summed E-state index contributed by atoms with van der Waals surface area (Å²) in [5.41, 5.74) is 3.28. The van der Waals surface area contributed by atoms with E-state index in [1.807, 2.05) is 36.4 Å². The SMILES string of the molecule is Cc1ccccc1CCC(=O)c1cccc(Br)c1. The van der Waals surface area contributed by atoms with Gasteiger partial charge in [-0.3, -0.25) is 4.79 Å². The molecule has 92 valence electrons. The van der Waals surface area contributed by atoms with Gasteiger partial charge in [-0.15, -0.1) is 0 Å². The first-order valence-corrected chi connectivity index (χ1v) is 6.79. The van der Waals surface area contributed by atoms with Crippen LogP contribution in [0.15, 0.2) is 53.0 Å². The van der Waals surface area contributed by atoms with Crippen LogP contribution in [0.2, 0.25) is 0 Å². The third-order valence-corrected chi connectivity index (χ3v) is 3.52. The van der Waals surface area contributed by atoms with Crippen molar-refractivity contribution in [3.63, 3.8) is 0 Å². The van der Waals surface area contributed by atoms with Crippen LogP contribution in [0.5, 0.6) is 0 Å². The van der Waals surface area contributed by atoms with Crippen LogP contribution >= 0.6 is 15.9 Å². The molecule has 1 nitrogen and oxygen atoms in total. The molecule has 0 atom stereocenters. The largest absolute Gasteiger partial charge is 0.294 e. The van der Waals surface area contributed by atoms with Gasteiger partial charge in [-0.2, -0.15) is 0 Å². The number of Topliss-reactive ketones (excluding diaryl/α,β-unsaturated/α-hetero) is 1. The van der Waals surface area contributed by atoms with E-state index < -0.39 is 0 Å². The van der Waals surface area contributed by atoms with E-state index in [4.69, 9.17) is 0 Å². The molecule has 0 aliphatic carbocycles. The molecular weight excluding hydrogens is 288 g/mol. The Morgan fingerprint density at radius 3 is 2.61 bits per heavy atom. The number of halogens is 1. The molecule has 0 aromatic heterocycles. The van der Waals surface area contributed by atoms with E-state index in [0.717, 1.165) is 16.5 Å². The smallest absolute Gasteiger partial charge is 0.163 e. The molecular formula is C16H15BrO. The third kappa shape index (κ3) is 3.30. The molecule has 2 aromatic carbocycles. The maximum absolute atomic E-state index is 12.1. The minimum atomic E-state index is 0.194. The van der Waals surface area contributed by atoms with Gasteiger partial charge < -0.3 is 0 Å². The van der Waals surface area contributed by atoms with E-state index in [2.05, 4.69) is 35.0 Å². The maximum Gasteiger partial charge on any atom is 0.163 e. The fraction of sp³-hybridized carbons (Fsp3) is 0.188. The average molecular weight is 303 g/mol. The molecule has 0 heterocycles. The lowest BCUT2D eigenvalue weighted by Gasteiger charge is -2.05. The van der Waals surface area contributed by atoms with Crippen molar-refractivity contribution in [2.75, 3.05) is 0 Å². The standard InChI is InChI=1S/C16H15BrO/c1-12-5-2-3-6-13(12)9-10-16(18)14-7-4-8-15(17)11-14/h2-8,11H,9-10H2,1H3. The second kappa shape index (κ2) is 5.96. The van der Waals surface area contributed by atoms with Crippen molar-refractivity contribution in [2.24, 2.45) is 0 Å². The molecule has 18 heavy (non-hydrogen) atoms. The normalized spacial score (nSPS) is 10.3. The van der Waals surface area contributed by atoms with Crippen LogP contribution in [-0.4, -0.2) is 5.78 Å². The Bertz CT molecular complexity index is 561. The predicted octanol–water partition coefficient (Wildman–Crippen LogP) is 4.57. The van der Waals surface area contributed by atoms with Crippen molar-refractivity contribution < 1.29 is 4.79 Å². The first-order valence-electron chi connectivity index (χ1n) is 6.00. The first-order chi connectivity index (χ1) is 8.66. The molecule has 0 unspecified atom stereocenters. The molecule has 0 aliphatic rings. The van der Waals surface area contributed by atoms with Crippen molar-refractivity contribution in [3.05, 3.63) is 69.7 Å². The number of benzene rings is 2. The Kier molecular flexibility index (Phi) is 4.32. The highest BCUT2D eigenvalue weighted by Gasteiger charge is 2.07. The Morgan fingerprint density at radius 1 is 1.11 bits per heavy atom. The average Bonchev–Trinajstić information content (AvgIpc) is 2.37. The second-order valence-corrected chi connectivity index (χ2v) is 5.28. The van der Waals surface area contributed by atoms with Crippen molar-refractivity contribution in [2.45, 2.75) is 19.8 Å². The fourth-order valence-corrected chi connectivity index (χ4v) is 2.34. The Balaban J connectivity index is 2.03. The summed E-state index contributed by atoms with van der Waals surface area (Å²) in [6, 6.07) is 15.8. The van der Waals surface area contributed by atoms with E-state index in [0.29, 0.717) is 6.42 Å². The topological polar surface area (TPSA) is 17.1 Å². The van der Waals surface area contributed by atoms with Gasteiger partial charge in [-0.05, 0) is 36.6 Å². The number of aryl methyl sites for hydroxylation is 2. The summed E-state index contributed by atoms with van der Waals surface area (Å²) < 4.78 is 0.948. The van der Waals surface area contributed by atoms with Gasteiger partial charge >= 0.3 is 0 Å². The number of hydrogen-bond donors (Lipinski definition) is 0. The van der Waals surface area contributed by atoms with Gasteiger partial charge in [0.15, 0.2) is 5.78 Å². The number of rotatable bonds is 4. The van der Waals surface area contributed by atoms with Crippen LogP contribution in [-0.2, 0) is 6.42 Å².